The number of ether oxygens (including phenoxy) is 1. The number of nitro benzene ring substituents is 1. The Morgan fingerprint density at radius 1 is 1.48 bits per heavy atom. The van der Waals surface area contributed by atoms with Crippen LogP contribution in [0.1, 0.15) is 25.8 Å². The second-order valence-electron chi connectivity index (χ2n) is 4.73. The van der Waals surface area contributed by atoms with Gasteiger partial charge in [-0.1, -0.05) is 13.0 Å². The Kier molecular flexibility index (Phi) is 6.72. The minimum absolute atomic E-state index is 0.165. The highest BCUT2D eigenvalue weighted by molar-refractivity contribution is 5.94. The van der Waals surface area contributed by atoms with Gasteiger partial charge in [-0.2, -0.15) is 0 Å². The number of nitrogens with one attached hydrogen (secondary N) is 1. The molecule has 0 radical (unpaired) electrons. The molecular formula is C15H18N2O6. The molecule has 8 heteroatoms. The molecule has 0 heterocycles. The number of aliphatic carboxylic acids is 1. The molecule has 0 saturated heterocycles. The Morgan fingerprint density at radius 3 is 2.74 bits per heavy atom. The summed E-state index contributed by atoms with van der Waals surface area (Å²) in [6.45, 7) is 3.59. The van der Waals surface area contributed by atoms with Crippen molar-refractivity contribution in [3.8, 4) is 5.75 Å². The van der Waals surface area contributed by atoms with E-state index in [1.165, 1.54) is 25.1 Å². The molecule has 0 spiro atoms. The van der Waals surface area contributed by atoms with Gasteiger partial charge in [0.05, 0.1) is 11.5 Å². The van der Waals surface area contributed by atoms with Crippen molar-refractivity contribution in [1.29, 1.82) is 0 Å². The minimum Gasteiger partial charge on any atom is -0.487 e. The lowest BCUT2D eigenvalue weighted by molar-refractivity contribution is -0.385. The highest BCUT2D eigenvalue weighted by Gasteiger charge is 2.15. The monoisotopic (exact) mass is 322 g/mol. The number of amides is 1. The lowest BCUT2D eigenvalue weighted by atomic mass is 10.1. The lowest BCUT2D eigenvalue weighted by Gasteiger charge is -2.07. The van der Waals surface area contributed by atoms with Gasteiger partial charge in [-0.3, -0.25) is 19.7 Å². The van der Waals surface area contributed by atoms with E-state index in [4.69, 9.17) is 9.84 Å². The summed E-state index contributed by atoms with van der Waals surface area (Å²) in [5.41, 5.74) is 0.235. The SMILES string of the molecule is CCCOc1ccc(/C=C/C(=O)NC(C)C(=O)O)cc1[N+](=O)[O-]. The molecule has 0 aliphatic rings. The van der Waals surface area contributed by atoms with Crippen molar-refractivity contribution in [3.05, 3.63) is 40.0 Å². The molecule has 1 rings (SSSR count). The summed E-state index contributed by atoms with van der Waals surface area (Å²) >= 11 is 0. The van der Waals surface area contributed by atoms with Crippen LogP contribution in [-0.4, -0.2) is 34.6 Å². The third-order valence-electron chi connectivity index (χ3n) is 2.80. The molecule has 8 nitrogen and oxygen atoms in total. The van der Waals surface area contributed by atoms with E-state index in [9.17, 15) is 19.7 Å². The van der Waals surface area contributed by atoms with Crippen LogP contribution in [-0.2, 0) is 9.59 Å². The summed E-state index contributed by atoms with van der Waals surface area (Å²) in [7, 11) is 0. The number of carbonyl (C=O) groups is 2. The van der Waals surface area contributed by atoms with Gasteiger partial charge in [-0.15, -0.1) is 0 Å². The third kappa shape index (κ3) is 5.77. The topological polar surface area (TPSA) is 119 Å². The van der Waals surface area contributed by atoms with Crippen LogP contribution in [0.15, 0.2) is 24.3 Å². The van der Waals surface area contributed by atoms with Crippen molar-refractivity contribution in [2.75, 3.05) is 6.61 Å². The van der Waals surface area contributed by atoms with Crippen molar-refractivity contribution in [3.63, 3.8) is 0 Å². The van der Waals surface area contributed by atoms with Crippen molar-refractivity contribution in [2.24, 2.45) is 0 Å². The lowest BCUT2D eigenvalue weighted by Crippen LogP contribution is -2.37. The number of hydrogen-bond donors (Lipinski definition) is 2. The molecule has 0 fully saturated rings. The maximum Gasteiger partial charge on any atom is 0.325 e. The minimum atomic E-state index is -1.15. The van der Waals surface area contributed by atoms with Gasteiger partial charge in [0, 0.05) is 12.1 Å². The zero-order valence-electron chi connectivity index (χ0n) is 12.8. The van der Waals surface area contributed by atoms with Crippen LogP contribution >= 0.6 is 0 Å². The smallest absolute Gasteiger partial charge is 0.325 e. The Hall–Kier alpha value is -2.90. The summed E-state index contributed by atoms with van der Waals surface area (Å²) in [5.74, 6) is -1.59. The molecule has 1 atom stereocenters. The average Bonchev–Trinajstić information content (AvgIpc) is 2.50. The summed E-state index contributed by atoms with van der Waals surface area (Å²) < 4.78 is 5.30. The van der Waals surface area contributed by atoms with Gasteiger partial charge in [0.2, 0.25) is 5.91 Å². The van der Waals surface area contributed by atoms with Gasteiger partial charge in [-0.25, -0.2) is 0 Å². The molecule has 0 saturated carbocycles. The molecule has 124 valence electrons. The maximum absolute atomic E-state index is 11.5. The molecule has 0 bridgehead atoms. The van der Waals surface area contributed by atoms with Crippen LogP contribution in [0.5, 0.6) is 5.75 Å². The maximum atomic E-state index is 11.5. The highest BCUT2D eigenvalue weighted by atomic mass is 16.6. The van der Waals surface area contributed by atoms with Crippen LogP contribution in [0, 0.1) is 10.1 Å². The third-order valence-corrected chi connectivity index (χ3v) is 2.80. The van der Waals surface area contributed by atoms with Crippen molar-refractivity contribution < 1.29 is 24.4 Å². The fourth-order valence-corrected chi connectivity index (χ4v) is 1.61. The van der Waals surface area contributed by atoms with Crippen molar-refractivity contribution in [1.82, 2.24) is 5.32 Å². The van der Waals surface area contributed by atoms with E-state index in [0.29, 0.717) is 12.2 Å². The quantitative estimate of drug-likeness (QED) is 0.429. The number of carboxylic acids is 1. The number of nitro groups is 1. The summed E-state index contributed by atoms with van der Waals surface area (Å²) in [5, 5.41) is 22.0. The van der Waals surface area contributed by atoms with Crippen LogP contribution in [0.4, 0.5) is 5.69 Å². The molecule has 1 unspecified atom stereocenters. The first-order chi connectivity index (χ1) is 10.8. The standard InChI is InChI=1S/C15H18N2O6/c1-3-8-23-13-6-4-11(9-12(13)17(21)22)5-7-14(18)16-10(2)15(19)20/h4-7,9-10H,3,8H2,1-2H3,(H,16,18)(H,19,20)/b7-5+. The predicted molar refractivity (Wildman–Crippen MR) is 83.2 cm³/mol. The average molecular weight is 322 g/mol. The fraction of sp³-hybridized carbons (Fsp3) is 0.333. The van der Waals surface area contributed by atoms with E-state index in [1.54, 1.807) is 6.07 Å². The van der Waals surface area contributed by atoms with E-state index >= 15 is 0 Å². The summed E-state index contributed by atoms with van der Waals surface area (Å²) in [6.07, 6.45) is 3.20. The van der Waals surface area contributed by atoms with Crippen LogP contribution < -0.4 is 10.1 Å². The molecule has 1 aromatic carbocycles. The number of carbonyl (C=O) groups excluding carboxylic acids is 1. The molecule has 1 aromatic rings. The van der Waals surface area contributed by atoms with E-state index in [0.717, 1.165) is 12.5 Å². The first-order valence-electron chi connectivity index (χ1n) is 6.97. The Labute approximate surface area is 132 Å². The second-order valence-corrected chi connectivity index (χ2v) is 4.73. The van der Waals surface area contributed by atoms with Gasteiger partial charge in [0.15, 0.2) is 5.75 Å². The Balaban J connectivity index is 2.86. The van der Waals surface area contributed by atoms with E-state index in [-0.39, 0.29) is 11.4 Å². The normalized spacial score (nSPS) is 11.9. The number of benzene rings is 1. The van der Waals surface area contributed by atoms with Gasteiger partial charge in [-0.05, 0) is 31.1 Å². The number of nitrogens with zero attached hydrogens (tertiary/aromatic N) is 1. The van der Waals surface area contributed by atoms with E-state index in [1.807, 2.05) is 6.92 Å². The zero-order chi connectivity index (χ0) is 17.4. The number of rotatable bonds is 8. The molecule has 0 aliphatic heterocycles. The van der Waals surface area contributed by atoms with Gasteiger partial charge >= 0.3 is 11.7 Å². The van der Waals surface area contributed by atoms with E-state index < -0.39 is 22.8 Å². The summed E-state index contributed by atoms with van der Waals surface area (Å²) in [4.78, 5) is 32.7. The molecule has 2 N–H and O–H groups in total. The molecule has 1 amide bonds. The molecule has 0 aliphatic carbocycles. The van der Waals surface area contributed by atoms with Crippen LogP contribution in [0.3, 0.4) is 0 Å². The van der Waals surface area contributed by atoms with E-state index in [2.05, 4.69) is 5.32 Å². The number of carboxylic acid groups (broad SMARTS) is 1. The number of hydrogen-bond acceptors (Lipinski definition) is 5. The van der Waals surface area contributed by atoms with Crippen molar-refractivity contribution >= 4 is 23.6 Å². The molecular weight excluding hydrogens is 304 g/mol. The Bertz CT molecular complexity index is 626. The van der Waals surface area contributed by atoms with Gasteiger partial charge < -0.3 is 15.2 Å². The van der Waals surface area contributed by atoms with Gasteiger partial charge in [0.25, 0.3) is 0 Å². The first kappa shape index (κ1) is 18.1. The second kappa shape index (κ2) is 8.52. The highest BCUT2D eigenvalue weighted by Crippen LogP contribution is 2.28. The molecule has 23 heavy (non-hydrogen) atoms. The van der Waals surface area contributed by atoms with Crippen LogP contribution in [0.25, 0.3) is 6.08 Å². The fourth-order valence-electron chi connectivity index (χ4n) is 1.61. The Morgan fingerprint density at radius 2 is 2.17 bits per heavy atom. The van der Waals surface area contributed by atoms with Gasteiger partial charge in [0.1, 0.15) is 6.04 Å². The largest absolute Gasteiger partial charge is 0.487 e. The first-order valence-corrected chi connectivity index (χ1v) is 6.97. The van der Waals surface area contributed by atoms with Crippen molar-refractivity contribution in [2.45, 2.75) is 26.3 Å². The zero-order valence-corrected chi connectivity index (χ0v) is 12.8. The predicted octanol–water partition coefficient (Wildman–Crippen LogP) is 1.99. The molecule has 0 aromatic heterocycles. The summed E-state index contributed by atoms with van der Waals surface area (Å²) in [6, 6.07) is 3.30. The van der Waals surface area contributed by atoms with Crippen LogP contribution in [0.2, 0.25) is 0 Å².